The summed E-state index contributed by atoms with van der Waals surface area (Å²) in [4.78, 5) is 0. The molecule has 0 spiro atoms. The van der Waals surface area contributed by atoms with Gasteiger partial charge in [0.1, 0.15) is 0 Å². The van der Waals surface area contributed by atoms with E-state index >= 15 is 0 Å². The Hall–Kier alpha value is -0.680. The van der Waals surface area contributed by atoms with E-state index in [9.17, 15) is 0 Å². The number of ether oxygens (including phenoxy) is 1. The Balaban J connectivity index is 2.39. The van der Waals surface area contributed by atoms with E-state index in [1.807, 2.05) is 6.92 Å². The van der Waals surface area contributed by atoms with E-state index in [0.717, 1.165) is 25.2 Å². The number of nitrogens with zero attached hydrogens (tertiary/aromatic N) is 1. The fraction of sp³-hybridized carbons (Fsp3) is 0.714. The monoisotopic (exact) mass is 187 g/mol. The first-order valence-electron chi connectivity index (χ1n) is 3.91. The molecule has 0 bridgehead atoms. The van der Waals surface area contributed by atoms with Crippen molar-refractivity contribution in [3.63, 3.8) is 0 Å². The third kappa shape index (κ3) is 3.15. The normalized spacial score (nSPS) is 27.1. The average molecular weight is 187 g/mol. The van der Waals surface area contributed by atoms with Crippen LogP contribution in [0.3, 0.4) is 0 Å². The maximum absolute atomic E-state index is 5.34. The molecule has 68 valence electrons. The molecule has 1 rings (SSSR count). The molecule has 0 saturated carbocycles. The van der Waals surface area contributed by atoms with Crippen molar-refractivity contribution >= 4 is 23.0 Å². The highest BCUT2D eigenvalue weighted by molar-refractivity contribution is 7.80. The van der Waals surface area contributed by atoms with Crippen molar-refractivity contribution in [2.24, 2.45) is 10.8 Å². The van der Waals surface area contributed by atoms with Crippen LogP contribution >= 0.6 is 12.2 Å². The van der Waals surface area contributed by atoms with Gasteiger partial charge in [-0.1, -0.05) is 0 Å². The minimum atomic E-state index is 0.210. The summed E-state index contributed by atoms with van der Waals surface area (Å²) < 4.78 is 5.34. The summed E-state index contributed by atoms with van der Waals surface area (Å²) >= 11 is 4.62. The minimum absolute atomic E-state index is 0.210. The van der Waals surface area contributed by atoms with E-state index < -0.39 is 0 Å². The first-order valence-corrected chi connectivity index (χ1v) is 4.32. The van der Waals surface area contributed by atoms with Gasteiger partial charge in [0.25, 0.3) is 0 Å². The number of nitrogens with two attached hydrogens (primary N) is 1. The van der Waals surface area contributed by atoms with Gasteiger partial charge in [-0.25, -0.2) is 0 Å². The van der Waals surface area contributed by atoms with Gasteiger partial charge in [-0.15, -0.1) is 0 Å². The molecular weight excluding hydrogens is 174 g/mol. The lowest BCUT2D eigenvalue weighted by molar-refractivity contribution is 0.0632. The van der Waals surface area contributed by atoms with Crippen LogP contribution in [0.2, 0.25) is 0 Å². The van der Waals surface area contributed by atoms with Crippen LogP contribution in [-0.4, -0.2) is 23.5 Å². The van der Waals surface area contributed by atoms with E-state index in [4.69, 9.17) is 10.5 Å². The largest absolute Gasteiger partial charge is 0.378 e. The van der Waals surface area contributed by atoms with Gasteiger partial charge in [-0.3, -0.25) is 5.43 Å². The third-order valence-corrected chi connectivity index (χ3v) is 1.73. The second-order valence-corrected chi connectivity index (χ2v) is 3.23. The standard InChI is InChI=1S/C7H13N3OS/c1-5-4-6(2-3-11-5)9-10-7(8)12/h5H,2-4H2,1H3,(H3,8,10,12). The van der Waals surface area contributed by atoms with Crippen LogP contribution in [-0.2, 0) is 4.74 Å². The van der Waals surface area contributed by atoms with Gasteiger partial charge in [0.2, 0.25) is 0 Å². The Bertz CT molecular complexity index is 205. The van der Waals surface area contributed by atoms with Gasteiger partial charge in [0, 0.05) is 18.6 Å². The van der Waals surface area contributed by atoms with Gasteiger partial charge < -0.3 is 10.5 Å². The SMILES string of the molecule is CC1CC(=NNC(N)=S)CCO1. The van der Waals surface area contributed by atoms with Crippen LogP contribution in [0.15, 0.2) is 5.10 Å². The van der Waals surface area contributed by atoms with Crippen molar-refractivity contribution < 1.29 is 4.74 Å². The van der Waals surface area contributed by atoms with Crippen molar-refractivity contribution in [1.82, 2.24) is 5.43 Å². The molecule has 0 aromatic carbocycles. The zero-order valence-electron chi connectivity index (χ0n) is 7.04. The number of rotatable bonds is 1. The second-order valence-electron chi connectivity index (χ2n) is 2.79. The molecule has 0 aromatic heterocycles. The molecule has 1 saturated heterocycles. The lowest BCUT2D eigenvalue weighted by atomic mass is 10.1. The van der Waals surface area contributed by atoms with Crippen LogP contribution in [0.1, 0.15) is 19.8 Å². The number of thiocarbonyl (C=S) groups is 1. The Morgan fingerprint density at radius 3 is 3.17 bits per heavy atom. The first-order chi connectivity index (χ1) is 5.68. The highest BCUT2D eigenvalue weighted by Gasteiger charge is 2.13. The van der Waals surface area contributed by atoms with Crippen LogP contribution in [0.4, 0.5) is 0 Å². The molecule has 3 N–H and O–H groups in total. The molecule has 12 heavy (non-hydrogen) atoms. The van der Waals surface area contributed by atoms with Gasteiger partial charge in [-0.2, -0.15) is 5.10 Å². The topological polar surface area (TPSA) is 59.6 Å². The maximum atomic E-state index is 5.34. The van der Waals surface area contributed by atoms with Crippen molar-refractivity contribution in [3.05, 3.63) is 0 Å². The quantitative estimate of drug-likeness (QED) is 0.460. The summed E-state index contributed by atoms with van der Waals surface area (Å²) in [6, 6.07) is 0. The molecule has 0 aliphatic carbocycles. The van der Waals surface area contributed by atoms with Crippen molar-refractivity contribution in [1.29, 1.82) is 0 Å². The van der Waals surface area contributed by atoms with Crippen molar-refractivity contribution in [2.45, 2.75) is 25.9 Å². The van der Waals surface area contributed by atoms with Crippen LogP contribution in [0, 0.1) is 0 Å². The third-order valence-electron chi connectivity index (χ3n) is 1.64. The highest BCUT2D eigenvalue weighted by atomic mass is 32.1. The predicted octanol–water partition coefficient (Wildman–Crippen LogP) is 0.374. The molecule has 0 amide bonds. The van der Waals surface area contributed by atoms with Crippen molar-refractivity contribution in [3.8, 4) is 0 Å². The molecule has 5 heteroatoms. The number of hydrogen-bond donors (Lipinski definition) is 2. The lowest BCUT2D eigenvalue weighted by Gasteiger charge is -2.20. The summed E-state index contributed by atoms with van der Waals surface area (Å²) in [6.07, 6.45) is 1.97. The van der Waals surface area contributed by atoms with Gasteiger partial charge in [0.05, 0.1) is 12.7 Å². The zero-order valence-corrected chi connectivity index (χ0v) is 7.86. The summed E-state index contributed by atoms with van der Waals surface area (Å²) in [6.45, 7) is 2.76. The number of hydrazone groups is 1. The molecule has 1 fully saturated rings. The van der Waals surface area contributed by atoms with E-state index in [0.29, 0.717) is 0 Å². The Morgan fingerprint density at radius 2 is 2.58 bits per heavy atom. The Morgan fingerprint density at radius 1 is 1.83 bits per heavy atom. The summed E-state index contributed by atoms with van der Waals surface area (Å²) in [5, 5.41) is 4.26. The Labute approximate surface area is 77.2 Å². The number of hydrogen-bond acceptors (Lipinski definition) is 3. The smallest absolute Gasteiger partial charge is 0.184 e. The molecule has 0 aromatic rings. The van der Waals surface area contributed by atoms with Crippen LogP contribution in [0.5, 0.6) is 0 Å². The van der Waals surface area contributed by atoms with Crippen LogP contribution < -0.4 is 11.2 Å². The molecule has 1 unspecified atom stereocenters. The minimum Gasteiger partial charge on any atom is -0.378 e. The molecule has 1 atom stereocenters. The number of nitrogens with one attached hydrogen (secondary N) is 1. The first kappa shape index (κ1) is 9.41. The summed E-state index contributed by atoms with van der Waals surface area (Å²) in [5.41, 5.74) is 8.87. The molecule has 4 nitrogen and oxygen atoms in total. The molecule has 1 heterocycles. The zero-order chi connectivity index (χ0) is 8.97. The molecule has 1 aliphatic rings. The Kier molecular flexibility index (Phi) is 3.43. The summed E-state index contributed by atoms with van der Waals surface area (Å²) in [7, 11) is 0. The van der Waals surface area contributed by atoms with Crippen molar-refractivity contribution in [2.75, 3.05) is 6.61 Å². The van der Waals surface area contributed by atoms with Crippen LogP contribution in [0.25, 0.3) is 0 Å². The molecule has 0 radical (unpaired) electrons. The van der Waals surface area contributed by atoms with E-state index in [-0.39, 0.29) is 11.2 Å². The summed E-state index contributed by atoms with van der Waals surface area (Å²) in [5.74, 6) is 0. The fourth-order valence-corrected chi connectivity index (χ4v) is 1.15. The lowest BCUT2D eigenvalue weighted by Crippen LogP contribution is -2.29. The van der Waals surface area contributed by atoms with E-state index in [2.05, 4.69) is 22.7 Å². The molecular formula is C7H13N3OS. The second kappa shape index (κ2) is 4.37. The van der Waals surface area contributed by atoms with E-state index in [1.54, 1.807) is 0 Å². The van der Waals surface area contributed by atoms with E-state index in [1.165, 1.54) is 0 Å². The molecule has 1 aliphatic heterocycles. The predicted molar refractivity (Wildman–Crippen MR) is 52.0 cm³/mol. The van der Waals surface area contributed by atoms with Gasteiger partial charge >= 0.3 is 0 Å². The fourth-order valence-electron chi connectivity index (χ4n) is 1.11. The average Bonchev–Trinajstić information content (AvgIpc) is 2.01. The van der Waals surface area contributed by atoms with Gasteiger partial charge in [-0.05, 0) is 19.1 Å². The van der Waals surface area contributed by atoms with Gasteiger partial charge in [0.15, 0.2) is 5.11 Å². The highest BCUT2D eigenvalue weighted by Crippen LogP contribution is 2.09. The maximum Gasteiger partial charge on any atom is 0.184 e.